The largest absolute Gasteiger partial charge is 0.506 e. The third kappa shape index (κ3) is 4.75. The highest BCUT2D eigenvalue weighted by molar-refractivity contribution is 5.92. The molecule has 4 heteroatoms. The number of methoxy groups -OCH3 is 1. The fraction of sp³-hybridized carbons (Fsp3) is 0.350. The van der Waals surface area contributed by atoms with Crippen molar-refractivity contribution in [2.24, 2.45) is 0 Å². The number of carbonyl (C=O) groups excluding carboxylic acids is 1. The third-order valence-corrected chi connectivity index (χ3v) is 3.91. The van der Waals surface area contributed by atoms with Crippen LogP contribution in [-0.4, -0.2) is 18.1 Å². The zero-order valence-corrected chi connectivity index (χ0v) is 14.7. The molecule has 0 saturated carbocycles. The molecule has 0 bridgehead atoms. The molecule has 2 aromatic carbocycles. The summed E-state index contributed by atoms with van der Waals surface area (Å²) in [5, 5.41) is 12.8. The van der Waals surface area contributed by atoms with Gasteiger partial charge in [-0.2, -0.15) is 0 Å². The van der Waals surface area contributed by atoms with Gasteiger partial charge in [0.15, 0.2) is 0 Å². The fourth-order valence-corrected chi connectivity index (χ4v) is 2.40. The van der Waals surface area contributed by atoms with Gasteiger partial charge in [-0.15, -0.1) is 0 Å². The number of phenols is 1. The first-order valence-corrected chi connectivity index (χ1v) is 8.06. The average Bonchev–Trinajstić information content (AvgIpc) is 2.54. The van der Waals surface area contributed by atoms with E-state index in [1.54, 1.807) is 13.2 Å². The van der Waals surface area contributed by atoms with Gasteiger partial charge in [0, 0.05) is 6.42 Å². The summed E-state index contributed by atoms with van der Waals surface area (Å²) in [4.78, 5) is 12.2. The molecular weight excluding hydrogens is 302 g/mol. The van der Waals surface area contributed by atoms with Crippen LogP contribution >= 0.6 is 0 Å². The monoisotopic (exact) mass is 327 g/mol. The summed E-state index contributed by atoms with van der Waals surface area (Å²) >= 11 is 0. The molecule has 128 valence electrons. The van der Waals surface area contributed by atoms with Crippen molar-refractivity contribution >= 4 is 11.6 Å². The molecule has 0 fully saturated rings. The summed E-state index contributed by atoms with van der Waals surface area (Å²) in [6.45, 7) is 6.27. The smallest absolute Gasteiger partial charge is 0.224 e. The van der Waals surface area contributed by atoms with Crippen molar-refractivity contribution in [1.29, 1.82) is 0 Å². The maximum Gasteiger partial charge on any atom is 0.224 e. The molecular formula is C20H25NO3. The molecule has 0 saturated heterocycles. The molecule has 0 spiro atoms. The molecule has 0 aliphatic heterocycles. The van der Waals surface area contributed by atoms with E-state index in [0.717, 1.165) is 16.9 Å². The number of aryl methyl sites for hydroxylation is 1. The number of carbonyl (C=O) groups is 1. The molecule has 0 radical (unpaired) electrons. The van der Waals surface area contributed by atoms with Crippen molar-refractivity contribution in [3.8, 4) is 11.5 Å². The van der Waals surface area contributed by atoms with Crippen molar-refractivity contribution in [1.82, 2.24) is 0 Å². The first-order valence-electron chi connectivity index (χ1n) is 8.06. The van der Waals surface area contributed by atoms with Crippen LogP contribution in [-0.2, 0) is 16.6 Å². The van der Waals surface area contributed by atoms with Crippen molar-refractivity contribution in [3.05, 3.63) is 53.6 Å². The van der Waals surface area contributed by atoms with Crippen LogP contribution in [0.2, 0.25) is 0 Å². The molecule has 2 aromatic rings. The highest BCUT2D eigenvalue weighted by Gasteiger charge is 2.16. The highest BCUT2D eigenvalue weighted by Crippen LogP contribution is 2.30. The Morgan fingerprint density at radius 3 is 2.58 bits per heavy atom. The lowest BCUT2D eigenvalue weighted by molar-refractivity contribution is -0.116. The molecule has 0 aromatic heterocycles. The molecule has 2 rings (SSSR count). The Balaban J connectivity index is 2.02. The van der Waals surface area contributed by atoms with Gasteiger partial charge >= 0.3 is 0 Å². The molecule has 2 N–H and O–H groups in total. The SMILES string of the molecule is COc1cccc(CCC(=O)Nc2cc(C(C)(C)C)ccc2O)c1. The van der Waals surface area contributed by atoms with Crippen LogP contribution in [0.5, 0.6) is 11.5 Å². The number of rotatable bonds is 5. The Kier molecular flexibility index (Phi) is 5.50. The van der Waals surface area contributed by atoms with Crippen LogP contribution in [0, 0.1) is 0 Å². The predicted octanol–water partition coefficient (Wildman–Crippen LogP) is 4.27. The molecule has 0 atom stereocenters. The molecule has 0 aliphatic carbocycles. The Morgan fingerprint density at radius 1 is 1.17 bits per heavy atom. The lowest BCUT2D eigenvalue weighted by atomic mass is 9.87. The minimum Gasteiger partial charge on any atom is -0.506 e. The highest BCUT2D eigenvalue weighted by atomic mass is 16.5. The van der Waals surface area contributed by atoms with Crippen LogP contribution in [0.25, 0.3) is 0 Å². The number of hydrogen-bond donors (Lipinski definition) is 2. The van der Waals surface area contributed by atoms with E-state index in [2.05, 4.69) is 26.1 Å². The Bertz CT molecular complexity index is 717. The van der Waals surface area contributed by atoms with Crippen molar-refractivity contribution < 1.29 is 14.6 Å². The molecule has 0 aliphatic rings. The van der Waals surface area contributed by atoms with Crippen LogP contribution < -0.4 is 10.1 Å². The van der Waals surface area contributed by atoms with Crippen molar-refractivity contribution in [2.75, 3.05) is 12.4 Å². The summed E-state index contributed by atoms with van der Waals surface area (Å²) in [6, 6.07) is 13.0. The maximum atomic E-state index is 12.2. The van der Waals surface area contributed by atoms with Crippen molar-refractivity contribution in [2.45, 2.75) is 39.0 Å². The minimum atomic E-state index is -0.126. The zero-order chi connectivity index (χ0) is 17.7. The van der Waals surface area contributed by atoms with E-state index in [4.69, 9.17) is 4.74 Å². The number of anilines is 1. The van der Waals surface area contributed by atoms with E-state index in [1.807, 2.05) is 36.4 Å². The fourth-order valence-electron chi connectivity index (χ4n) is 2.40. The summed E-state index contributed by atoms with van der Waals surface area (Å²) in [5.74, 6) is 0.736. The van der Waals surface area contributed by atoms with Crippen LogP contribution in [0.3, 0.4) is 0 Å². The second-order valence-corrected chi connectivity index (χ2v) is 6.88. The lowest BCUT2D eigenvalue weighted by Crippen LogP contribution is -2.15. The van der Waals surface area contributed by atoms with Gasteiger partial charge in [-0.05, 0) is 47.2 Å². The first-order chi connectivity index (χ1) is 11.3. The van der Waals surface area contributed by atoms with E-state index in [-0.39, 0.29) is 17.1 Å². The van der Waals surface area contributed by atoms with Gasteiger partial charge in [0.25, 0.3) is 0 Å². The number of nitrogens with one attached hydrogen (secondary N) is 1. The van der Waals surface area contributed by atoms with Gasteiger partial charge in [0.2, 0.25) is 5.91 Å². The number of ether oxygens (including phenoxy) is 1. The third-order valence-electron chi connectivity index (χ3n) is 3.91. The molecule has 0 heterocycles. The van der Waals surface area contributed by atoms with Gasteiger partial charge in [-0.25, -0.2) is 0 Å². The zero-order valence-electron chi connectivity index (χ0n) is 14.7. The molecule has 4 nitrogen and oxygen atoms in total. The Hall–Kier alpha value is -2.49. The van der Waals surface area contributed by atoms with Gasteiger partial charge in [0.05, 0.1) is 12.8 Å². The van der Waals surface area contributed by atoms with E-state index >= 15 is 0 Å². The van der Waals surface area contributed by atoms with Crippen LogP contribution in [0.4, 0.5) is 5.69 Å². The van der Waals surface area contributed by atoms with Gasteiger partial charge < -0.3 is 15.2 Å². The van der Waals surface area contributed by atoms with Crippen molar-refractivity contribution in [3.63, 3.8) is 0 Å². The topological polar surface area (TPSA) is 58.6 Å². The standard InChI is InChI=1S/C20H25NO3/c1-20(2,3)15-9-10-18(22)17(13-15)21-19(23)11-8-14-6-5-7-16(12-14)24-4/h5-7,9-10,12-13,22H,8,11H2,1-4H3,(H,21,23). The van der Waals surface area contributed by atoms with E-state index in [9.17, 15) is 9.90 Å². The predicted molar refractivity (Wildman–Crippen MR) is 96.8 cm³/mol. The maximum absolute atomic E-state index is 12.2. The summed E-state index contributed by atoms with van der Waals surface area (Å²) in [5.41, 5.74) is 2.51. The second-order valence-electron chi connectivity index (χ2n) is 6.88. The quantitative estimate of drug-likeness (QED) is 0.806. The number of amides is 1. The van der Waals surface area contributed by atoms with Crippen LogP contribution in [0.1, 0.15) is 38.3 Å². The number of hydrogen-bond acceptors (Lipinski definition) is 3. The molecule has 0 unspecified atom stereocenters. The van der Waals surface area contributed by atoms with Gasteiger partial charge in [-0.1, -0.05) is 39.0 Å². The first kappa shape index (κ1) is 17.9. The summed E-state index contributed by atoms with van der Waals surface area (Å²) < 4.78 is 5.18. The van der Waals surface area contributed by atoms with Crippen LogP contribution in [0.15, 0.2) is 42.5 Å². The Morgan fingerprint density at radius 2 is 1.92 bits per heavy atom. The van der Waals surface area contributed by atoms with E-state index in [0.29, 0.717) is 18.5 Å². The molecule has 1 amide bonds. The summed E-state index contributed by atoms with van der Waals surface area (Å²) in [7, 11) is 1.62. The average molecular weight is 327 g/mol. The lowest BCUT2D eigenvalue weighted by Gasteiger charge is -2.20. The second kappa shape index (κ2) is 7.39. The summed E-state index contributed by atoms with van der Waals surface area (Å²) in [6.07, 6.45) is 0.953. The van der Waals surface area contributed by atoms with E-state index in [1.165, 1.54) is 0 Å². The van der Waals surface area contributed by atoms with Gasteiger partial charge in [0.1, 0.15) is 11.5 Å². The normalized spacial score (nSPS) is 11.2. The van der Waals surface area contributed by atoms with E-state index < -0.39 is 0 Å². The minimum absolute atomic E-state index is 0.0478. The Labute approximate surface area is 143 Å². The molecule has 24 heavy (non-hydrogen) atoms. The number of phenolic OH excluding ortho intramolecular Hbond substituents is 1. The number of aromatic hydroxyl groups is 1. The number of benzene rings is 2. The van der Waals surface area contributed by atoms with Gasteiger partial charge in [-0.3, -0.25) is 4.79 Å².